The Kier molecular flexibility index (Phi) is 5.05. The van der Waals surface area contributed by atoms with Gasteiger partial charge in [0.2, 0.25) is 0 Å². The molecule has 2 heteroatoms. The van der Waals surface area contributed by atoms with Crippen molar-refractivity contribution in [3.63, 3.8) is 0 Å². The lowest BCUT2D eigenvalue weighted by molar-refractivity contribution is 0.212. The quantitative estimate of drug-likeness (QED) is 0.805. The Balaban J connectivity index is 2.05. The first-order valence-electron chi connectivity index (χ1n) is 7.11. The van der Waals surface area contributed by atoms with Gasteiger partial charge in [0.05, 0.1) is 0 Å². The van der Waals surface area contributed by atoms with Crippen LogP contribution in [0.15, 0.2) is 17.5 Å². The summed E-state index contributed by atoms with van der Waals surface area (Å²) in [5.41, 5.74) is 0. The van der Waals surface area contributed by atoms with Crippen molar-refractivity contribution in [1.29, 1.82) is 0 Å². The summed E-state index contributed by atoms with van der Waals surface area (Å²) in [5.74, 6) is 1.82. The summed E-state index contributed by atoms with van der Waals surface area (Å²) < 4.78 is 0. The predicted molar refractivity (Wildman–Crippen MR) is 76.5 cm³/mol. The second-order valence-electron chi connectivity index (χ2n) is 5.25. The van der Waals surface area contributed by atoms with Gasteiger partial charge in [-0.3, -0.25) is 0 Å². The van der Waals surface area contributed by atoms with Crippen LogP contribution in [0.2, 0.25) is 0 Å². The highest BCUT2D eigenvalue weighted by molar-refractivity contribution is 7.10. The average molecular weight is 251 g/mol. The SMILES string of the molecule is CCNC(c1cccs1)C1CCCC(CC)C1. The second-order valence-corrected chi connectivity index (χ2v) is 6.23. The fourth-order valence-corrected chi connectivity index (χ4v) is 4.09. The molecule has 0 amide bonds. The number of thiophene rings is 1. The van der Waals surface area contributed by atoms with Gasteiger partial charge in [-0.05, 0) is 42.7 Å². The summed E-state index contributed by atoms with van der Waals surface area (Å²) in [6.07, 6.45) is 7.07. The molecule has 1 aliphatic carbocycles. The van der Waals surface area contributed by atoms with Crippen LogP contribution >= 0.6 is 11.3 Å². The fraction of sp³-hybridized carbons (Fsp3) is 0.733. The molecule has 1 heterocycles. The Morgan fingerprint density at radius 3 is 2.94 bits per heavy atom. The average Bonchev–Trinajstić information content (AvgIpc) is 2.89. The minimum absolute atomic E-state index is 0.606. The Hall–Kier alpha value is -0.340. The molecule has 1 nitrogen and oxygen atoms in total. The van der Waals surface area contributed by atoms with Gasteiger partial charge < -0.3 is 5.32 Å². The van der Waals surface area contributed by atoms with Crippen LogP contribution in [0.25, 0.3) is 0 Å². The molecule has 1 aliphatic rings. The smallest absolute Gasteiger partial charge is 0.0443 e. The molecule has 2 rings (SSSR count). The van der Waals surface area contributed by atoms with Gasteiger partial charge in [-0.1, -0.05) is 39.2 Å². The Labute approximate surface area is 110 Å². The largest absolute Gasteiger partial charge is 0.309 e. The first-order chi connectivity index (χ1) is 8.35. The van der Waals surface area contributed by atoms with Crippen molar-refractivity contribution in [2.24, 2.45) is 11.8 Å². The third-order valence-electron chi connectivity index (χ3n) is 4.15. The van der Waals surface area contributed by atoms with Crippen molar-refractivity contribution >= 4 is 11.3 Å². The monoisotopic (exact) mass is 251 g/mol. The van der Waals surface area contributed by atoms with Crippen molar-refractivity contribution in [2.75, 3.05) is 6.54 Å². The molecule has 1 fully saturated rings. The van der Waals surface area contributed by atoms with Gasteiger partial charge in [0.1, 0.15) is 0 Å². The van der Waals surface area contributed by atoms with E-state index in [4.69, 9.17) is 0 Å². The van der Waals surface area contributed by atoms with Crippen LogP contribution in [-0.4, -0.2) is 6.54 Å². The van der Waals surface area contributed by atoms with Crippen LogP contribution in [0.5, 0.6) is 0 Å². The van der Waals surface area contributed by atoms with E-state index in [2.05, 4.69) is 36.7 Å². The van der Waals surface area contributed by atoms with Gasteiger partial charge in [0, 0.05) is 10.9 Å². The maximum absolute atomic E-state index is 3.71. The first kappa shape index (κ1) is 13.1. The summed E-state index contributed by atoms with van der Waals surface area (Å²) in [6.45, 7) is 5.65. The molecule has 96 valence electrons. The number of hydrogen-bond acceptors (Lipinski definition) is 2. The molecule has 0 aromatic carbocycles. The van der Waals surface area contributed by atoms with Crippen molar-refractivity contribution in [2.45, 2.75) is 52.0 Å². The fourth-order valence-electron chi connectivity index (χ4n) is 3.19. The van der Waals surface area contributed by atoms with Gasteiger partial charge in [-0.25, -0.2) is 0 Å². The molecule has 0 aliphatic heterocycles. The van der Waals surface area contributed by atoms with E-state index in [1.165, 1.54) is 37.0 Å². The normalized spacial score (nSPS) is 26.9. The Bertz CT molecular complexity index is 307. The molecule has 1 N–H and O–H groups in total. The van der Waals surface area contributed by atoms with Crippen LogP contribution in [0, 0.1) is 11.8 Å². The third kappa shape index (κ3) is 3.32. The lowest BCUT2D eigenvalue weighted by atomic mass is 9.76. The van der Waals surface area contributed by atoms with E-state index < -0.39 is 0 Å². The zero-order valence-corrected chi connectivity index (χ0v) is 11.9. The molecule has 1 saturated carbocycles. The molecule has 0 spiro atoms. The van der Waals surface area contributed by atoms with Crippen molar-refractivity contribution in [3.8, 4) is 0 Å². The van der Waals surface area contributed by atoms with Crippen LogP contribution in [0.1, 0.15) is 56.9 Å². The number of rotatable bonds is 5. The highest BCUT2D eigenvalue weighted by atomic mass is 32.1. The Morgan fingerprint density at radius 2 is 2.29 bits per heavy atom. The van der Waals surface area contributed by atoms with Crippen LogP contribution in [-0.2, 0) is 0 Å². The van der Waals surface area contributed by atoms with E-state index in [0.29, 0.717) is 6.04 Å². The van der Waals surface area contributed by atoms with Gasteiger partial charge in [-0.15, -0.1) is 11.3 Å². The summed E-state index contributed by atoms with van der Waals surface area (Å²) >= 11 is 1.91. The van der Waals surface area contributed by atoms with E-state index >= 15 is 0 Å². The number of hydrogen-bond donors (Lipinski definition) is 1. The first-order valence-corrected chi connectivity index (χ1v) is 7.99. The molecule has 0 saturated heterocycles. The van der Waals surface area contributed by atoms with Crippen LogP contribution in [0.4, 0.5) is 0 Å². The lowest BCUT2D eigenvalue weighted by Crippen LogP contribution is -2.31. The van der Waals surface area contributed by atoms with Gasteiger partial charge in [0.25, 0.3) is 0 Å². The molecular weight excluding hydrogens is 226 g/mol. The maximum Gasteiger partial charge on any atom is 0.0443 e. The van der Waals surface area contributed by atoms with E-state index in [1.807, 2.05) is 11.3 Å². The third-order valence-corrected chi connectivity index (χ3v) is 5.10. The van der Waals surface area contributed by atoms with Gasteiger partial charge >= 0.3 is 0 Å². The Morgan fingerprint density at radius 1 is 1.41 bits per heavy atom. The molecule has 1 aromatic heterocycles. The molecule has 0 bridgehead atoms. The summed E-state index contributed by atoms with van der Waals surface area (Å²) in [4.78, 5) is 1.54. The second kappa shape index (κ2) is 6.55. The zero-order chi connectivity index (χ0) is 12.1. The van der Waals surface area contributed by atoms with Gasteiger partial charge in [-0.2, -0.15) is 0 Å². The molecule has 17 heavy (non-hydrogen) atoms. The van der Waals surface area contributed by atoms with Crippen LogP contribution in [0.3, 0.4) is 0 Å². The topological polar surface area (TPSA) is 12.0 Å². The van der Waals surface area contributed by atoms with E-state index in [-0.39, 0.29) is 0 Å². The van der Waals surface area contributed by atoms with Crippen LogP contribution < -0.4 is 5.32 Å². The predicted octanol–water partition coefficient (Wildman–Crippen LogP) is 4.62. The standard InChI is InChI=1S/C15H25NS/c1-3-12-7-5-8-13(11-12)15(16-4-2)14-9-6-10-17-14/h6,9-10,12-13,15-16H,3-5,7-8,11H2,1-2H3. The van der Waals surface area contributed by atoms with Crippen molar-refractivity contribution < 1.29 is 0 Å². The minimum atomic E-state index is 0.606. The van der Waals surface area contributed by atoms with E-state index in [9.17, 15) is 0 Å². The van der Waals surface area contributed by atoms with Crippen molar-refractivity contribution in [3.05, 3.63) is 22.4 Å². The highest BCUT2D eigenvalue weighted by Crippen LogP contribution is 2.39. The molecule has 3 atom stereocenters. The van der Waals surface area contributed by atoms with Crippen molar-refractivity contribution in [1.82, 2.24) is 5.32 Å². The summed E-state index contributed by atoms with van der Waals surface area (Å²) in [6, 6.07) is 5.09. The van der Waals surface area contributed by atoms with E-state index in [1.54, 1.807) is 0 Å². The summed E-state index contributed by atoms with van der Waals surface area (Å²) in [5, 5.41) is 5.92. The van der Waals surface area contributed by atoms with Gasteiger partial charge in [0.15, 0.2) is 0 Å². The van der Waals surface area contributed by atoms with E-state index in [0.717, 1.165) is 18.4 Å². The molecular formula is C15H25NS. The minimum Gasteiger partial charge on any atom is -0.309 e. The molecule has 3 unspecified atom stereocenters. The number of nitrogens with one attached hydrogen (secondary N) is 1. The zero-order valence-electron chi connectivity index (χ0n) is 11.1. The highest BCUT2D eigenvalue weighted by Gasteiger charge is 2.28. The summed E-state index contributed by atoms with van der Waals surface area (Å²) in [7, 11) is 0. The molecule has 0 radical (unpaired) electrons. The molecule has 1 aromatic rings. The maximum atomic E-state index is 3.71. The lowest BCUT2D eigenvalue weighted by Gasteiger charge is -2.34.